The highest BCUT2D eigenvalue weighted by atomic mass is 35.5. The van der Waals surface area contributed by atoms with Gasteiger partial charge < -0.3 is 10.0 Å². The molecule has 0 bridgehead atoms. The third-order valence-electron chi connectivity index (χ3n) is 4.54. The number of aliphatic hydroxyl groups is 1. The Morgan fingerprint density at radius 3 is 2.48 bits per heavy atom. The number of likely N-dealkylation sites (N-methyl/N-ethyl adjacent to an activating group) is 1. The van der Waals surface area contributed by atoms with Gasteiger partial charge in [0.15, 0.2) is 0 Å². The highest BCUT2D eigenvalue weighted by molar-refractivity contribution is 6.30. The Kier molecular flexibility index (Phi) is 5.34. The highest BCUT2D eigenvalue weighted by Crippen LogP contribution is 2.27. The second kappa shape index (κ2) is 7.45. The molecule has 0 aliphatic carbocycles. The van der Waals surface area contributed by atoms with Gasteiger partial charge in [0.25, 0.3) is 0 Å². The van der Waals surface area contributed by atoms with Crippen molar-refractivity contribution in [1.29, 1.82) is 0 Å². The van der Waals surface area contributed by atoms with Crippen molar-refractivity contribution in [1.82, 2.24) is 9.80 Å². The number of piperazine rings is 1. The summed E-state index contributed by atoms with van der Waals surface area (Å²) in [5.41, 5.74) is 2.22. The molecule has 23 heavy (non-hydrogen) atoms. The number of nitrogens with zero attached hydrogens (tertiary/aromatic N) is 2. The van der Waals surface area contributed by atoms with Crippen LogP contribution in [0.4, 0.5) is 0 Å². The first kappa shape index (κ1) is 16.5. The molecule has 1 saturated heterocycles. The van der Waals surface area contributed by atoms with Gasteiger partial charge in [-0.3, -0.25) is 4.90 Å². The van der Waals surface area contributed by atoms with Crippen LogP contribution in [0.15, 0.2) is 54.6 Å². The van der Waals surface area contributed by atoms with Gasteiger partial charge in [-0.05, 0) is 30.3 Å². The maximum Gasteiger partial charge on any atom is 0.0917 e. The molecule has 2 aromatic rings. The predicted octanol–water partition coefficient (Wildman–Crippen LogP) is 3.36. The van der Waals surface area contributed by atoms with Gasteiger partial charge in [-0.15, -0.1) is 0 Å². The molecule has 1 heterocycles. The lowest BCUT2D eigenvalue weighted by Crippen LogP contribution is -2.48. The summed E-state index contributed by atoms with van der Waals surface area (Å²) in [6.45, 7) is 3.60. The van der Waals surface area contributed by atoms with Gasteiger partial charge in [0.05, 0.1) is 6.10 Å². The van der Waals surface area contributed by atoms with E-state index in [1.807, 2.05) is 30.3 Å². The summed E-state index contributed by atoms with van der Waals surface area (Å²) in [7, 11) is 2.16. The fourth-order valence-corrected chi connectivity index (χ4v) is 3.31. The normalized spacial score (nSPS) is 21.3. The molecule has 1 N–H and O–H groups in total. The summed E-state index contributed by atoms with van der Waals surface area (Å²) in [4.78, 5) is 4.73. The van der Waals surface area contributed by atoms with Crippen LogP contribution in [-0.2, 0) is 0 Å². The number of β-amino-alcohol motifs (C(OH)–C–C–N with tert-alkyl or cyclic N) is 1. The molecule has 2 aromatic carbocycles. The van der Waals surface area contributed by atoms with Gasteiger partial charge >= 0.3 is 0 Å². The number of hydrogen-bond acceptors (Lipinski definition) is 3. The molecular weight excluding hydrogens is 308 g/mol. The van der Waals surface area contributed by atoms with Crippen LogP contribution >= 0.6 is 11.6 Å². The van der Waals surface area contributed by atoms with Gasteiger partial charge in [0.2, 0.25) is 0 Å². The second-order valence-electron chi connectivity index (χ2n) is 6.25. The minimum absolute atomic E-state index is 0.317. The number of aliphatic hydroxyl groups excluding tert-OH is 1. The molecule has 1 aliphatic rings. The SMILES string of the molecule is CN1CCN(CC(O)c2ccc(Cl)cc2)C(c2ccccc2)C1. The zero-order valence-electron chi connectivity index (χ0n) is 13.4. The van der Waals surface area contributed by atoms with Crippen molar-refractivity contribution < 1.29 is 5.11 Å². The van der Waals surface area contributed by atoms with Gasteiger partial charge in [-0.25, -0.2) is 0 Å². The van der Waals surface area contributed by atoms with Crippen LogP contribution in [0, 0.1) is 0 Å². The van der Waals surface area contributed by atoms with Crippen molar-refractivity contribution in [2.45, 2.75) is 12.1 Å². The van der Waals surface area contributed by atoms with E-state index in [0.717, 1.165) is 25.2 Å². The molecule has 1 fully saturated rings. The largest absolute Gasteiger partial charge is 0.387 e. The number of hydrogen-bond donors (Lipinski definition) is 1. The first-order valence-electron chi connectivity index (χ1n) is 8.04. The topological polar surface area (TPSA) is 26.7 Å². The molecule has 122 valence electrons. The molecule has 1 aliphatic heterocycles. The fourth-order valence-electron chi connectivity index (χ4n) is 3.18. The maximum absolute atomic E-state index is 10.6. The van der Waals surface area contributed by atoms with Crippen molar-refractivity contribution >= 4 is 11.6 Å². The van der Waals surface area contributed by atoms with Gasteiger partial charge in [-0.2, -0.15) is 0 Å². The smallest absolute Gasteiger partial charge is 0.0917 e. The van der Waals surface area contributed by atoms with E-state index in [2.05, 4.69) is 41.1 Å². The monoisotopic (exact) mass is 330 g/mol. The van der Waals surface area contributed by atoms with Crippen LogP contribution in [0.2, 0.25) is 5.02 Å². The van der Waals surface area contributed by atoms with Gasteiger partial charge in [0.1, 0.15) is 0 Å². The third kappa shape index (κ3) is 4.12. The average molecular weight is 331 g/mol. The summed E-state index contributed by atoms with van der Waals surface area (Å²) < 4.78 is 0. The van der Waals surface area contributed by atoms with Crippen LogP contribution in [-0.4, -0.2) is 48.1 Å². The molecule has 0 amide bonds. The molecule has 2 atom stereocenters. The Morgan fingerprint density at radius 2 is 1.78 bits per heavy atom. The molecule has 2 unspecified atom stereocenters. The van der Waals surface area contributed by atoms with E-state index >= 15 is 0 Å². The minimum Gasteiger partial charge on any atom is -0.387 e. The summed E-state index contributed by atoms with van der Waals surface area (Å²) >= 11 is 5.93. The zero-order valence-corrected chi connectivity index (χ0v) is 14.2. The van der Waals surface area contributed by atoms with Gasteiger partial charge in [0, 0.05) is 37.2 Å². The lowest BCUT2D eigenvalue weighted by Gasteiger charge is -2.41. The lowest BCUT2D eigenvalue weighted by molar-refractivity contribution is 0.0400. The quantitative estimate of drug-likeness (QED) is 0.931. The van der Waals surface area contributed by atoms with E-state index in [1.54, 1.807) is 0 Å². The van der Waals surface area contributed by atoms with Crippen LogP contribution in [0.25, 0.3) is 0 Å². The Balaban J connectivity index is 1.75. The van der Waals surface area contributed by atoms with Crippen molar-refractivity contribution in [2.75, 3.05) is 33.2 Å². The fraction of sp³-hybridized carbons (Fsp3) is 0.368. The minimum atomic E-state index is -0.498. The number of rotatable bonds is 4. The average Bonchev–Trinajstić information content (AvgIpc) is 2.58. The highest BCUT2D eigenvalue weighted by Gasteiger charge is 2.28. The van der Waals surface area contributed by atoms with Crippen molar-refractivity contribution in [3.63, 3.8) is 0 Å². The van der Waals surface area contributed by atoms with Crippen LogP contribution in [0.3, 0.4) is 0 Å². The molecule has 4 heteroatoms. The molecule has 0 radical (unpaired) electrons. The van der Waals surface area contributed by atoms with E-state index in [0.29, 0.717) is 17.6 Å². The van der Waals surface area contributed by atoms with Gasteiger partial charge in [-0.1, -0.05) is 54.1 Å². The Bertz CT molecular complexity index is 617. The molecule has 0 aromatic heterocycles. The first-order valence-corrected chi connectivity index (χ1v) is 8.42. The standard InChI is InChI=1S/C19H23ClN2O/c1-21-11-12-22(18(13-21)15-5-3-2-4-6-15)14-19(23)16-7-9-17(20)10-8-16/h2-10,18-19,23H,11-14H2,1H3. The number of halogens is 1. The Morgan fingerprint density at radius 1 is 1.09 bits per heavy atom. The van der Waals surface area contributed by atoms with E-state index in [1.165, 1.54) is 5.56 Å². The van der Waals surface area contributed by atoms with E-state index in [4.69, 9.17) is 11.6 Å². The molecule has 3 nitrogen and oxygen atoms in total. The Hall–Kier alpha value is -1.39. The van der Waals surface area contributed by atoms with E-state index < -0.39 is 6.10 Å². The summed E-state index contributed by atoms with van der Waals surface area (Å²) in [6, 6.07) is 18.3. The summed E-state index contributed by atoms with van der Waals surface area (Å²) in [5, 5.41) is 11.3. The molecule has 0 spiro atoms. The van der Waals surface area contributed by atoms with Crippen LogP contribution in [0.5, 0.6) is 0 Å². The van der Waals surface area contributed by atoms with Crippen LogP contribution in [0.1, 0.15) is 23.3 Å². The van der Waals surface area contributed by atoms with Crippen molar-refractivity contribution in [2.24, 2.45) is 0 Å². The van der Waals surface area contributed by atoms with Crippen molar-refractivity contribution in [3.8, 4) is 0 Å². The predicted molar refractivity (Wildman–Crippen MR) is 94.7 cm³/mol. The second-order valence-corrected chi connectivity index (χ2v) is 6.69. The van der Waals surface area contributed by atoms with E-state index in [9.17, 15) is 5.11 Å². The first-order chi connectivity index (χ1) is 11.1. The van der Waals surface area contributed by atoms with E-state index in [-0.39, 0.29) is 0 Å². The maximum atomic E-state index is 10.6. The third-order valence-corrected chi connectivity index (χ3v) is 4.79. The summed E-state index contributed by atoms with van der Waals surface area (Å²) in [6.07, 6.45) is -0.498. The zero-order chi connectivity index (χ0) is 16.2. The van der Waals surface area contributed by atoms with Crippen LogP contribution < -0.4 is 0 Å². The lowest BCUT2D eigenvalue weighted by atomic mass is 10.0. The molecule has 0 saturated carbocycles. The molecular formula is C19H23ClN2O. The summed E-state index contributed by atoms with van der Waals surface area (Å²) in [5.74, 6) is 0. The number of benzene rings is 2. The molecule has 3 rings (SSSR count). The Labute approximate surface area is 143 Å². The van der Waals surface area contributed by atoms with Crippen molar-refractivity contribution in [3.05, 3.63) is 70.7 Å².